The Morgan fingerprint density at radius 3 is 2.61 bits per heavy atom. The third kappa shape index (κ3) is 2.27. The van der Waals surface area contributed by atoms with Gasteiger partial charge < -0.3 is 10.4 Å². The monoisotopic (exact) mass is 250 g/mol. The van der Waals surface area contributed by atoms with Gasteiger partial charge in [-0.05, 0) is 38.3 Å². The van der Waals surface area contributed by atoms with Crippen LogP contribution in [-0.2, 0) is 0 Å². The number of carboxylic acid groups (broad SMARTS) is 1. The second-order valence-electron chi connectivity index (χ2n) is 4.83. The van der Waals surface area contributed by atoms with Gasteiger partial charge in [-0.25, -0.2) is 4.79 Å². The van der Waals surface area contributed by atoms with E-state index in [1.54, 1.807) is 0 Å². The topological polar surface area (TPSA) is 92.5 Å². The molecule has 1 aliphatic rings. The summed E-state index contributed by atoms with van der Waals surface area (Å²) in [5, 5.41) is 22.9. The lowest BCUT2D eigenvalue weighted by molar-refractivity contribution is -0.384. The summed E-state index contributed by atoms with van der Waals surface area (Å²) in [5.41, 5.74) is 0.0725. The van der Waals surface area contributed by atoms with Crippen molar-refractivity contribution in [1.29, 1.82) is 0 Å². The van der Waals surface area contributed by atoms with Gasteiger partial charge in [-0.2, -0.15) is 0 Å². The molecule has 0 spiro atoms. The molecule has 0 bridgehead atoms. The summed E-state index contributed by atoms with van der Waals surface area (Å²) in [7, 11) is 0. The van der Waals surface area contributed by atoms with Crippen LogP contribution in [0.15, 0.2) is 18.2 Å². The molecule has 0 amide bonds. The minimum absolute atomic E-state index is 0.0472. The van der Waals surface area contributed by atoms with Gasteiger partial charge in [-0.1, -0.05) is 0 Å². The standard InChI is InChI=1S/C12H14N2O4/c1-12(5-2-6-12)13-9-7-8(11(15)16)3-4-10(9)14(17)18/h3-4,7,13H,2,5-6H2,1H3,(H,15,16). The maximum Gasteiger partial charge on any atom is 0.335 e. The van der Waals surface area contributed by atoms with Crippen molar-refractivity contribution in [3.63, 3.8) is 0 Å². The molecule has 0 unspecified atom stereocenters. The highest BCUT2D eigenvalue weighted by atomic mass is 16.6. The molecule has 1 aromatic carbocycles. The van der Waals surface area contributed by atoms with Crippen molar-refractivity contribution in [2.24, 2.45) is 0 Å². The number of rotatable bonds is 4. The molecular formula is C12H14N2O4. The molecule has 0 aromatic heterocycles. The zero-order valence-electron chi connectivity index (χ0n) is 9.97. The fourth-order valence-electron chi connectivity index (χ4n) is 2.09. The fourth-order valence-corrected chi connectivity index (χ4v) is 2.09. The lowest BCUT2D eigenvalue weighted by Gasteiger charge is -2.39. The van der Waals surface area contributed by atoms with E-state index in [1.807, 2.05) is 6.92 Å². The van der Waals surface area contributed by atoms with Crippen molar-refractivity contribution in [3.8, 4) is 0 Å². The zero-order valence-corrected chi connectivity index (χ0v) is 9.97. The average Bonchev–Trinajstić information content (AvgIpc) is 2.26. The summed E-state index contributed by atoms with van der Waals surface area (Å²) in [6.07, 6.45) is 2.94. The molecule has 6 nitrogen and oxygen atoms in total. The maximum atomic E-state index is 10.9. The Labute approximate surface area is 104 Å². The van der Waals surface area contributed by atoms with E-state index in [0.29, 0.717) is 0 Å². The first-order chi connectivity index (χ1) is 8.41. The van der Waals surface area contributed by atoms with E-state index in [0.717, 1.165) is 19.3 Å². The molecule has 2 rings (SSSR count). The van der Waals surface area contributed by atoms with Gasteiger partial charge in [0.2, 0.25) is 0 Å². The molecule has 96 valence electrons. The number of hydrogen-bond acceptors (Lipinski definition) is 4. The highest BCUT2D eigenvalue weighted by Gasteiger charge is 2.33. The summed E-state index contributed by atoms with van der Waals surface area (Å²) >= 11 is 0. The third-order valence-electron chi connectivity index (χ3n) is 3.33. The third-order valence-corrected chi connectivity index (χ3v) is 3.33. The second kappa shape index (κ2) is 4.29. The SMILES string of the molecule is CC1(Nc2cc(C(=O)O)ccc2[N+](=O)[O-])CCC1. The van der Waals surface area contributed by atoms with Crippen LogP contribution in [0.25, 0.3) is 0 Å². The number of nitro benzene ring substituents is 1. The van der Waals surface area contributed by atoms with E-state index >= 15 is 0 Å². The van der Waals surface area contributed by atoms with Crippen LogP contribution in [0.4, 0.5) is 11.4 Å². The Balaban J connectivity index is 2.37. The summed E-state index contributed by atoms with van der Waals surface area (Å²) in [4.78, 5) is 21.3. The van der Waals surface area contributed by atoms with Gasteiger partial charge in [0.05, 0.1) is 10.5 Å². The first-order valence-corrected chi connectivity index (χ1v) is 5.71. The van der Waals surface area contributed by atoms with Gasteiger partial charge in [0, 0.05) is 11.6 Å². The van der Waals surface area contributed by atoms with Gasteiger partial charge in [0.1, 0.15) is 5.69 Å². The Kier molecular flexibility index (Phi) is 2.94. The quantitative estimate of drug-likeness (QED) is 0.633. The minimum Gasteiger partial charge on any atom is -0.478 e. The van der Waals surface area contributed by atoms with Crippen molar-refractivity contribution >= 4 is 17.3 Å². The number of carbonyl (C=O) groups is 1. The Bertz CT molecular complexity index is 509. The predicted molar refractivity (Wildman–Crippen MR) is 65.9 cm³/mol. The molecule has 1 aliphatic carbocycles. The summed E-state index contributed by atoms with van der Waals surface area (Å²) < 4.78 is 0. The van der Waals surface area contributed by atoms with Crippen LogP contribution in [0.5, 0.6) is 0 Å². The number of anilines is 1. The highest BCUT2D eigenvalue weighted by Crippen LogP contribution is 2.37. The van der Waals surface area contributed by atoms with E-state index in [9.17, 15) is 14.9 Å². The smallest absolute Gasteiger partial charge is 0.335 e. The Morgan fingerprint density at radius 2 is 2.17 bits per heavy atom. The fraction of sp³-hybridized carbons (Fsp3) is 0.417. The van der Waals surface area contributed by atoms with Crippen LogP contribution in [0.2, 0.25) is 0 Å². The van der Waals surface area contributed by atoms with Gasteiger partial charge in [-0.3, -0.25) is 10.1 Å². The number of nitro groups is 1. The van der Waals surface area contributed by atoms with Crippen LogP contribution in [0, 0.1) is 10.1 Å². The number of nitrogens with zero attached hydrogens (tertiary/aromatic N) is 1. The van der Waals surface area contributed by atoms with Crippen molar-refractivity contribution in [2.75, 3.05) is 5.32 Å². The van der Waals surface area contributed by atoms with E-state index < -0.39 is 10.9 Å². The van der Waals surface area contributed by atoms with Gasteiger partial charge in [0.25, 0.3) is 5.69 Å². The molecule has 2 N–H and O–H groups in total. The number of hydrogen-bond donors (Lipinski definition) is 2. The lowest BCUT2D eigenvalue weighted by atomic mass is 9.78. The molecule has 6 heteroatoms. The Hall–Kier alpha value is -2.11. The van der Waals surface area contributed by atoms with Crippen molar-refractivity contribution in [2.45, 2.75) is 31.7 Å². The van der Waals surface area contributed by atoms with Crippen LogP contribution < -0.4 is 5.32 Å². The second-order valence-corrected chi connectivity index (χ2v) is 4.83. The number of nitrogens with one attached hydrogen (secondary N) is 1. The molecule has 18 heavy (non-hydrogen) atoms. The van der Waals surface area contributed by atoms with Gasteiger partial charge in [0.15, 0.2) is 0 Å². The van der Waals surface area contributed by atoms with Crippen molar-refractivity contribution in [1.82, 2.24) is 0 Å². The first kappa shape index (κ1) is 12.3. The molecule has 1 saturated carbocycles. The van der Waals surface area contributed by atoms with Gasteiger partial charge in [-0.15, -0.1) is 0 Å². The zero-order chi connectivity index (χ0) is 13.3. The lowest BCUT2D eigenvalue weighted by Crippen LogP contribution is -2.41. The van der Waals surface area contributed by atoms with Crippen LogP contribution in [-0.4, -0.2) is 21.5 Å². The normalized spacial score (nSPS) is 16.7. The van der Waals surface area contributed by atoms with E-state index in [2.05, 4.69) is 5.32 Å². The molecule has 0 heterocycles. The molecule has 0 atom stereocenters. The van der Waals surface area contributed by atoms with E-state index in [4.69, 9.17) is 5.11 Å². The molecule has 0 saturated heterocycles. The molecular weight excluding hydrogens is 236 g/mol. The summed E-state index contributed by atoms with van der Waals surface area (Å²) in [6.45, 7) is 1.98. The Morgan fingerprint density at radius 1 is 1.50 bits per heavy atom. The highest BCUT2D eigenvalue weighted by molar-refractivity contribution is 5.90. The van der Waals surface area contributed by atoms with E-state index in [1.165, 1.54) is 18.2 Å². The maximum absolute atomic E-state index is 10.9. The van der Waals surface area contributed by atoms with Crippen LogP contribution in [0.3, 0.4) is 0 Å². The predicted octanol–water partition coefficient (Wildman–Crippen LogP) is 2.65. The van der Waals surface area contributed by atoms with E-state index in [-0.39, 0.29) is 22.5 Å². The minimum atomic E-state index is -1.09. The van der Waals surface area contributed by atoms with Crippen molar-refractivity contribution < 1.29 is 14.8 Å². The van der Waals surface area contributed by atoms with Crippen molar-refractivity contribution in [3.05, 3.63) is 33.9 Å². The molecule has 0 aliphatic heterocycles. The van der Waals surface area contributed by atoms with Crippen LogP contribution in [0.1, 0.15) is 36.5 Å². The number of carboxylic acids is 1. The number of aromatic carboxylic acids is 1. The molecule has 1 fully saturated rings. The first-order valence-electron chi connectivity index (χ1n) is 5.71. The summed E-state index contributed by atoms with van der Waals surface area (Å²) in [6, 6.07) is 3.80. The molecule has 0 radical (unpaired) electrons. The average molecular weight is 250 g/mol. The van der Waals surface area contributed by atoms with Crippen LogP contribution >= 0.6 is 0 Å². The number of benzene rings is 1. The molecule has 1 aromatic rings. The largest absolute Gasteiger partial charge is 0.478 e. The summed E-state index contributed by atoms with van der Waals surface area (Å²) in [5.74, 6) is -1.09. The van der Waals surface area contributed by atoms with Gasteiger partial charge >= 0.3 is 5.97 Å².